The Morgan fingerprint density at radius 3 is 2.29 bits per heavy atom. The highest BCUT2D eigenvalue weighted by Crippen LogP contribution is 2.20. The largest absolute Gasteiger partial charge is 0.435 e. The first-order valence-corrected chi connectivity index (χ1v) is 7.91. The average molecular weight is 342 g/mol. The van der Waals surface area contributed by atoms with Crippen molar-refractivity contribution in [1.29, 1.82) is 0 Å². The molecule has 0 saturated heterocycles. The van der Waals surface area contributed by atoms with Crippen LogP contribution in [0, 0.1) is 0 Å². The first-order valence-electron chi connectivity index (χ1n) is 7.91. The fourth-order valence-corrected chi connectivity index (χ4v) is 2.16. The van der Waals surface area contributed by atoms with Gasteiger partial charge in [0.1, 0.15) is 5.75 Å². The summed E-state index contributed by atoms with van der Waals surface area (Å²) in [6, 6.07) is 5.94. The van der Waals surface area contributed by atoms with Crippen molar-refractivity contribution < 1.29 is 23.1 Å². The van der Waals surface area contributed by atoms with E-state index in [-0.39, 0.29) is 42.5 Å². The van der Waals surface area contributed by atoms with E-state index >= 15 is 0 Å². The third-order valence-electron chi connectivity index (χ3n) is 3.22. The van der Waals surface area contributed by atoms with Crippen molar-refractivity contribution >= 4 is 11.8 Å². The maximum atomic E-state index is 12.2. The van der Waals surface area contributed by atoms with Gasteiger partial charge >= 0.3 is 6.61 Å². The van der Waals surface area contributed by atoms with Crippen LogP contribution in [0.4, 0.5) is 8.78 Å². The zero-order chi connectivity index (χ0) is 18.1. The zero-order valence-corrected chi connectivity index (χ0v) is 14.1. The van der Waals surface area contributed by atoms with Crippen LogP contribution in [0.5, 0.6) is 5.75 Å². The quantitative estimate of drug-likeness (QED) is 0.724. The van der Waals surface area contributed by atoms with E-state index in [4.69, 9.17) is 0 Å². The first-order chi connectivity index (χ1) is 11.3. The molecule has 0 aliphatic rings. The Balaban J connectivity index is 2.42. The van der Waals surface area contributed by atoms with Gasteiger partial charge < -0.3 is 15.4 Å². The number of alkyl halides is 2. The number of rotatable bonds is 9. The standard InChI is InChI=1S/C17H24F2N2O3/c1-11(2)20-15(22)8-5-9-16(23)21-12(3)13-6-4-7-14(10-13)24-17(18)19/h4,6-7,10-12,17H,5,8-9H2,1-3H3,(H,20,22)(H,21,23). The molecular weight excluding hydrogens is 318 g/mol. The predicted octanol–water partition coefficient (Wildman–Crippen LogP) is 3.16. The summed E-state index contributed by atoms with van der Waals surface area (Å²) in [6.45, 7) is 2.61. The molecule has 2 N–H and O–H groups in total. The highest BCUT2D eigenvalue weighted by atomic mass is 19.3. The second-order valence-corrected chi connectivity index (χ2v) is 5.82. The number of hydrogen-bond donors (Lipinski definition) is 2. The van der Waals surface area contributed by atoms with Gasteiger partial charge in [0.15, 0.2) is 0 Å². The Labute approximate surface area is 140 Å². The van der Waals surface area contributed by atoms with Gasteiger partial charge in [0.2, 0.25) is 11.8 Å². The third-order valence-corrected chi connectivity index (χ3v) is 3.22. The lowest BCUT2D eigenvalue weighted by molar-refractivity contribution is -0.123. The first kappa shape index (κ1) is 19.9. The van der Waals surface area contributed by atoms with E-state index < -0.39 is 6.61 Å². The Hall–Kier alpha value is -2.18. The number of carbonyl (C=O) groups is 2. The van der Waals surface area contributed by atoms with E-state index in [9.17, 15) is 18.4 Å². The van der Waals surface area contributed by atoms with Gasteiger partial charge in [-0.3, -0.25) is 9.59 Å². The second-order valence-electron chi connectivity index (χ2n) is 5.82. The molecule has 7 heteroatoms. The van der Waals surface area contributed by atoms with Crippen LogP contribution < -0.4 is 15.4 Å². The maximum absolute atomic E-state index is 12.2. The number of hydrogen-bond acceptors (Lipinski definition) is 3. The maximum Gasteiger partial charge on any atom is 0.387 e. The molecule has 1 unspecified atom stereocenters. The monoisotopic (exact) mass is 342 g/mol. The molecule has 24 heavy (non-hydrogen) atoms. The lowest BCUT2D eigenvalue weighted by Crippen LogP contribution is -2.30. The van der Waals surface area contributed by atoms with Crippen LogP contribution in [0.25, 0.3) is 0 Å². The van der Waals surface area contributed by atoms with Crippen molar-refractivity contribution in [1.82, 2.24) is 10.6 Å². The molecule has 0 aliphatic heterocycles. The van der Waals surface area contributed by atoms with Crippen LogP contribution in [0.2, 0.25) is 0 Å². The molecule has 1 atom stereocenters. The summed E-state index contributed by atoms with van der Waals surface area (Å²) < 4.78 is 28.8. The van der Waals surface area contributed by atoms with Gasteiger partial charge in [0, 0.05) is 18.9 Å². The molecule has 0 aromatic heterocycles. The van der Waals surface area contributed by atoms with Crippen LogP contribution in [0.3, 0.4) is 0 Å². The van der Waals surface area contributed by atoms with Crippen molar-refractivity contribution in [2.45, 2.75) is 58.7 Å². The van der Waals surface area contributed by atoms with E-state index in [1.807, 2.05) is 13.8 Å². The van der Waals surface area contributed by atoms with Crippen LogP contribution >= 0.6 is 0 Å². The molecule has 5 nitrogen and oxygen atoms in total. The van der Waals surface area contributed by atoms with E-state index in [2.05, 4.69) is 15.4 Å². The molecule has 0 fully saturated rings. The molecule has 134 valence electrons. The average Bonchev–Trinajstić information content (AvgIpc) is 2.45. The summed E-state index contributed by atoms with van der Waals surface area (Å²) in [7, 11) is 0. The minimum Gasteiger partial charge on any atom is -0.435 e. The van der Waals surface area contributed by atoms with Gasteiger partial charge in [0.05, 0.1) is 6.04 Å². The van der Waals surface area contributed by atoms with E-state index in [1.54, 1.807) is 19.1 Å². The topological polar surface area (TPSA) is 67.4 Å². The summed E-state index contributed by atoms with van der Waals surface area (Å²) in [5, 5.41) is 5.54. The SMILES string of the molecule is CC(C)NC(=O)CCCC(=O)NC(C)c1cccc(OC(F)F)c1. The minimum atomic E-state index is -2.89. The van der Waals surface area contributed by atoms with Gasteiger partial charge in [-0.2, -0.15) is 8.78 Å². The smallest absolute Gasteiger partial charge is 0.387 e. The molecule has 1 aromatic rings. The van der Waals surface area contributed by atoms with Crippen LogP contribution in [-0.4, -0.2) is 24.5 Å². The zero-order valence-electron chi connectivity index (χ0n) is 14.1. The highest BCUT2D eigenvalue weighted by molar-refractivity contribution is 5.79. The Morgan fingerprint density at radius 2 is 1.71 bits per heavy atom. The van der Waals surface area contributed by atoms with Gasteiger partial charge in [-0.05, 0) is 44.9 Å². The number of benzene rings is 1. The fourth-order valence-electron chi connectivity index (χ4n) is 2.16. The number of amides is 2. The summed E-state index contributed by atoms with van der Waals surface area (Å²) in [6.07, 6.45) is 0.965. The lowest BCUT2D eigenvalue weighted by atomic mass is 10.1. The minimum absolute atomic E-state index is 0.0500. The van der Waals surface area contributed by atoms with Crippen molar-refractivity contribution in [2.24, 2.45) is 0 Å². The molecule has 0 aliphatic carbocycles. The summed E-state index contributed by atoms with van der Waals surface area (Å²) in [5.41, 5.74) is 0.666. The molecule has 0 heterocycles. The van der Waals surface area contributed by atoms with E-state index in [1.165, 1.54) is 12.1 Å². The number of ether oxygens (including phenoxy) is 1. The van der Waals surface area contributed by atoms with E-state index in [0.29, 0.717) is 12.0 Å². The molecule has 0 saturated carbocycles. The third kappa shape index (κ3) is 7.89. The fraction of sp³-hybridized carbons (Fsp3) is 0.529. The van der Waals surface area contributed by atoms with Crippen LogP contribution in [-0.2, 0) is 9.59 Å². The van der Waals surface area contributed by atoms with Crippen molar-refractivity contribution in [3.8, 4) is 5.75 Å². The summed E-state index contributed by atoms with van der Waals surface area (Å²) in [4.78, 5) is 23.4. The normalized spacial score (nSPS) is 12.1. The summed E-state index contributed by atoms with van der Waals surface area (Å²) >= 11 is 0. The second kappa shape index (κ2) is 9.85. The number of carbonyl (C=O) groups excluding carboxylic acids is 2. The Morgan fingerprint density at radius 1 is 1.08 bits per heavy atom. The Bertz CT molecular complexity index is 550. The van der Waals surface area contributed by atoms with Crippen LogP contribution in [0.15, 0.2) is 24.3 Å². The molecule has 2 amide bonds. The molecular formula is C17H24F2N2O3. The Kier molecular flexibility index (Phi) is 8.15. The molecule has 0 radical (unpaired) electrons. The van der Waals surface area contributed by atoms with Crippen molar-refractivity contribution in [3.05, 3.63) is 29.8 Å². The van der Waals surface area contributed by atoms with Crippen molar-refractivity contribution in [3.63, 3.8) is 0 Å². The van der Waals surface area contributed by atoms with Gasteiger partial charge in [-0.25, -0.2) is 0 Å². The van der Waals surface area contributed by atoms with Crippen molar-refractivity contribution in [2.75, 3.05) is 0 Å². The highest BCUT2D eigenvalue weighted by Gasteiger charge is 2.12. The molecule has 1 aromatic carbocycles. The van der Waals surface area contributed by atoms with Gasteiger partial charge in [-0.1, -0.05) is 12.1 Å². The molecule has 1 rings (SSSR count). The number of nitrogens with one attached hydrogen (secondary N) is 2. The predicted molar refractivity (Wildman–Crippen MR) is 86.8 cm³/mol. The molecule has 0 spiro atoms. The van der Waals surface area contributed by atoms with Crippen LogP contribution in [0.1, 0.15) is 51.6 Å². The summed E-state index contributed by atoms with van der Waals surface area (Å²) in [5.74, 6) is -0.225. The van der Waals surface area contributed by atoms with E-state index in [0.717, 1.165) is 0 Å². The van der Waals surface area contributed by atoms with Gasteiger partial charge in [-0.15, -0.1) is 0 Å². The van der Waals surface area contributed by atoms with Gasteiger partial charge in [0.25, 0.3) is 0 Å². The lowest BCUT2D eigenvalue weighted by Gasteiger charge is -2.15. The molecule has 0 bridgehead atoms. The number of halogens is 2.